The Morgan fingerprint density at radius 1 is 1.27 bits per heavy atom. The SMILES string of the molecule is CCCC(NC)c1cc(C)c(Cl)cc1C. The molecular weight excluding hydrogens is 206 g/mol. The molecule has 84 valence electrons. The zero-order valence-corrected chi connectivity index (χ0v) is 10.8. The minimum Gasteiger partial charge on any atom is -0.313 e. The van der Waals surface area contributed by atoms with Crippen molar-refractivity contribution < 1.29 is 0 Å². The highest BCUT2D eigenvalue weighted by Crippen LogP contribution is 2.27. The summed E-state index contributed by atoms with van der Waals surface area (Å²) in [5.41, 5.74) is 3.81. The molecule has 0 saturated carbocycles. The van der Waals surface area contributed by atoms with E-state index in [-0.39, 0.29) is 0 Å². The lowest BCUT2D eigenvalue weighted by Crippen LogP contribution is -2.17. The molecule has 0 bridgehead atoms. The van der Waals surface area contributed by atoms with Gasteiger partial charge in [0.1, 0.15) is 0 Å². The lowest BCUT2D eigenvalue weighted by molar-refractivity contribution is 0.539. The number of nitrogens with one attached hydrogen (secondary N) is 1. The van der Waals surface area contributed by atoms with E-state index < -0.39 is 0 Å². The summed E-state index contributed by atoms with van der Waals surface area (Å²) in [5, 5.41) is 4.23. The third-order valence-electron chi connectivity index (χ3n) is 2.85. The van der Waals surface area contributed by atoms with Crippen molar-refractivity contribution in [3.8, 4) is 0 Å². The summed E-state index contributed by atoms with van der Waals surface area (Å²) in [6.07, 6.45) is 2.35. The smallest absolute Gasteiger partial charge is 0.0438 e. The van der Waals surface area contributed by atoms with Crippen LogP contribution in [0, 0.1) is 13.8 Å². The van der Waals surface area contributed by atoms with E-state index in [0.29, 0.717) is 6.04 Å². The molecule has 1 atom stereocenters. The van der Waals surface area contributed by atoms with Crippen LogP contribution in [0.2, 0.25) is 5.02 Å². The molecule has 0 aliphatic rings. The minimum atomic E-state index is 0.450. The molecule has 2 heteroatoms. The number of hydrogen-bond acceptors (Lipinski definition) is 1. The van der Waals surface area contributed by atoms with Crippen molar-refractivity contribution in [1.29, 1.82) is 0 Å². The van der Waals surface area contributed by atoms with Crippen LogP contribution in [-0.2, 0) is 0 Å². The number of halogens is 1. The Labute approximate surface area is 97.8 Å². The fraction of sp³-hybridized carbons (Fsp3) is 0.538. The van der Waals surface area contributed by atoms with Gasteiger partial charge in [-0.15, -0.1) is 0 Å². The molecule has 0 heterocycles. The molecule has 1 nitrogen and oxygen atoms in total. The molecule has 0 aliphatic heterocycles. The monoisotopic (exact) mass is 225 g/mol. The first-order valence-electron chi connectivity index (χ1n) is 5.54. The molecule has 0 aliphatic carbocycles. The Kier molecular flexibility index (Phi) is 4.62. The predicted octanol–water partition coefficient (Wildman–Crippen LogP) is 4.02. The van der Waals surface area contributed by atoms with E-state index in [2.05, 4.69) is 38.2 Å². The summed E-state index contributed by atoms with van der Waals surface area (Å²) >= 11 is 6.09. The van der Waals surface area contributed by atoms with Crippen LogP contribution in [-0.4, -0.2) is 7.05 Å². The first-order chi connectivity index (χ1) is 7.10. The molecule has 15 heavy (non-hydrogen) atoms. The van der Waals surface area contributed by atoms with Crippen molar-refractivity contribution in [2.24, 2.45) is 0 Å². The van der Waals surface area contributed by atoms with Crippen LogP contribution in [0.25, 0.3) is 0 Å². The van der Waals surface area contributed by atoms with Gasteiger partial charge in [0.05, 0.1) is 0 Å². The van der Waals surface area contributed by atoms with E-state index in [4.69, 9.17) is 11.6 Å². The maximum Gasteiger partial charge on any atom is 0.0438 e. The third kappa shape index (κ3) is 2.96. The van der Waals surface area contributed by atoms with Gasteiger partial charge in [-0.1, -0.05) is 31.0 Å². The average molecular weight is 226 g/mol. The van der Waals surface area contributed by atoms with Gasteiger partial charge >= 0.3 is 0 Å². The van der Waals surface area contributed by atoms with Gasteiger partial charge in [-0.3, -0.25) is 0 Å². The van der Waals surface area contributed by atoms with Crippen LogP contribution in [0.1, 0.15) is 42.5 Å². The second kappa shape index (κ2) is 5.53. The van der Waals surface area contributed by atoms with E-state index in [1.165, 1.54) is 24.0 Å². The third-order valence-corrected chi connectivity index (χ3v) is 3.26. The van der Waals surface area contributed by atoms with Crippen LogP contribution in [0.4, 0.5) is 0 Å². The number of rotatable bonds is 4. The second-order valence-electron chi connectivity index (χ2n) is 4.09. The summed E-state index contributed by atoms with van der Waals surface area (Å²) in [4.78, 5) is 0. The van der Waals surface area contributed by atoms with Crippen LogP contribution < -0.4 is 5.32 Å². The fourth-order valence-corrected chi connectivity index (χ4v) is 2.14. The Hall–Kier alpha value is -0.530. The maximum absolute atomic E-state index is 6.09. The molecule has 1 rings (SSSR count). The van der Waals surface area contributed by atoms with Crippen molar-refractivity contribution in [3.05, 3.63) is 33.8 Å². The van der Waals surface area contributed by atoms with Crippen LogP contribution in [0.5, 0.6) is 0 Å². The predicted molar refractivity (Wildman–Crippen MR) is 67.6 cm³/mol. The van der Waals surface area contributed by atoms with Gasteiger partial charge in [-0.2, -0.15) is 0 Å². The summed E-state index contributed by atoms with van der Waals surface area (Å²) in [5.74, 6) is 0. The van der Waals surface area contributed by atoms with Gasteiger partial charge in [0.25, 0.3) is 0 Å². The number of hydrogen-bond donors (Lipinski definition) is 1. The Morgan fingerprint density at radius 3 is 2.47 bits per heavy atom. The van der Waals surface area contributed by atoms with Crippen molar-refractivity contribution in [3.63, 3.8) is 0 Å². The Morgan fingerprint density at radius 2 is 1.93 bits per heavy atom. The molecule has 0 aromatic heterocycles. The highest BCUT2D eigenvalue weighted by molar-refractivity contribution is 6.31. The maximum atomic E-state index is 6.09. The summed E-state index contributed by atoms with van der Waals surface area (Å²) in [6.45, 7) is 6.40. The van der Waals surface area contributed by atoms with E-state index >= 15 is 0 Å². The molecule has 0 saturated heterocycles. The molecule has 1 unspecified atom stereocenters. The molecule has 1 N–H and O–H groups in total. The molecular formula is C13H20ClN. The van der Waals surface area contributed by atoms with Gasteiger partial charge < -0.3 is 5.32 Å². The summed E-state index contributed by atoms with van der Waals surface area (Å²) < 4.78 is 0. The second-order valence-corrected chi connectivity index (χ2v) is 4.50. The lowest BCUT2D eigenvalue weighted by Gasteiger charge is -2.19. The zero-order valence-electron chi connectivity index (χ0n) is 10.0. The Balaban J connectivity index is 3.06. The molecule has 0 fully saturated rings. The van der Waals surface area contributed by atoms with Crippen molar-refractivity contribution in [1.82, 2.24) is 5.32 Å². The van der Waals surface area contributed by atoms with Gasteiger partial charge in [0.2, 0.25) is 0 Å². The quantitative estimate of drug-likeness (QED) is 0.816. The van der Waals surface area contributed by atoms with E-state index in [1.54, 1.807) is 0 Å². The van der Waals surface area contributed by atoms with Crippen molar-refractivity contribution in [2.75, 3.05) is 7.05 Å². The topological polar surface area (TPSA) is 12.0 Å². The molecule has 0 radical (unpaired) electrons. The largest absolute Gasteiger partial charge is 0.313 e. The highest BCUT2D eigenvalue weighted by atomic mass is 35.5. The molecule has 0 amide bonds. The molecule has 1 aromatic rings. The molecule has 1 aromatic carbocycles. The zero-order chi connectivity index (χ0) is 11.4. The van der Waals surface area contributed by atoms with Crippen molar-refractivity contribution >= 4 is 11.6 Å². The lowest BCUT2D eigenvalue weighted by atomic mass is 9.96. The molecule has 0 spiro atoms. The number of benzene rings is 1. The normalized spacial score (nSPS) is 12.9. The van der Waals surface area contributed by atoms with Crippen LogP contribution >= 0.6 is 11.6 Å². The summed E-state index contributed by atoms with van der Waals surface area (Å²) in [7, 11) is 2.02. The first-order valence-corrected chi connectivity index (χ1v) is 5.91. The first kappa shape index (κ1) is 12.5. The van der Waals surface area contributed by atoms with Gasteiger partial charge in [0, 0.05) is 11.1 Å². The summed E-state index contributed by atoms with van der Waals surface area (Å²) in [6, 6.07) is 4.71. The standard InChI is InChI=1S/C13H20ClN/c1-5-6-13(15-4)11-7-10(3)12(14)8-9(11)2/h7-8,13,15H,5-6H2,1-4H3. The number of aryl methyl sites for hydroxylation is 2. The van der Waals surface area contributed by atoms with Crippen LogP contribution in [0.3, 0.4) is 0 Å². The van der Waals surface area contributed by atoms with Gasteiger partial charge in [-0.05, 0) is 50.1 Å². The fourth-order valence-electron chi connectivity index (χ4n) is 1.92. The minimum absolute atomic E-state index is 0.450. The van der Waals surface area contributed by atoms with Crippen molar-refractivity contribution in [2.45, 2.75) is 39.7 Å². The highest BCUT2D eigenvalue weighted by Gasteiger charge is 2.12. The van der Waals surface area contributed by atoms with Crippen LogP contribution in [0.15, 0.2) is 12.1 Å². The van der Waals surface area contributed by atoms with E-state index in [0.717, 1.165) is 10.6 Å². The Bertz CT molecular complexity index is 334. The average Bonchev–Trinajstić information content (AvgIpc) is 2.20. The van der Waals surface area contributed by atoms with E-state index in [9.17, 15) is 0 Å². The van der Waals surface area contributed by atoms with Gasteiger partial charge in [-0.25, -0.2) is 0 Å². The van der Waals surface area contributed by atoms with E-state index in [1.807, 2.05) is 7.05 Å². The van der Waals surface area contributed by atoms with Gasteiger partial charge in [0.15, 0.2) is 0 Å².